The van der Waals surface area contributed by atoms with E-state index < -0.39 is 6.10 Å². The molecule has 3 atom stereocenters. The van der Waals surface area contributed by atoms with Crippen LogP contribution in [-0.2, 0) is 9.53 Å². The Morgan fingerprint density at radius 1 is 1.38 bits per heavy atom. The first-order chi connectivity index (χ1) is 7.22. The van der Waals surface area contributed by atoms with Gasteiger partial charge in [-0.1, -0.05) is 26.0 Å². The summed E-state index contributed by atoms with van der Waals surface area (Å²) in [5.74, 6) is 0.270. The lowest BCUT2D eigenvalue weighted by atomic mass is 9.63. The highest BCUT2D eigenvalue weighted by Gasteiger charge is 2.74. The number of fused-ring (bicyclic) bond motifs is 1. The Kier molecular flexibility index (Phi) is 2.34. The SMILES string of the molecule is CC(O)/C=C/[C@]12O[C@@]1(C)CC(=O)CC2(C)C. The maximum atomic E-state index is 11.6. The zero-order valence-electron chi connectivity index (χ0n) is 10.4. The van der Waals surface area contributed by atoms with Gasteiger partial charge in [0.2, 0.25) is 0 Å². The monoisotopic (exact) mass is 224 g/mol. The van der Waals surface area contributed by atoms with Gasteiger partial charge in [0.05, 0.1) is 6.10 Å². The average Bonchev–Trinajstić information content (AvgIpc) is 2.67. The lowest BCUT2D eigenvalue weighted by Crippen LogP contribution is -2.44. The molecule has 3 heteroatoms. The van der Waals surface area contributed by atoms with Gasteiger partial charge in [0.25, 0.3) is 0 Å². The van der Waals surface area contributed by atoms with E-state index in [0.29, 0.717) is 12.8 Å². The third-order valence-electron chi connectivity index (χ3n) is 3.92. The number of rotatable bonds is 2. The predicted octanol–water partition coefficient (Wildman–Crippen LogP) is 1.84. The number of carbonyl (C=O) groups is 1. The van der Waals surface area contributed by atoms with E-state index in [0.717, 1.165) is 0 Å². The van der Waals surface area contributed by atoms with Crippen LogP contribution in [0.2, 0.25) is 0 Å². The number of carbonyl (C=O) groups excluding carboxylic acids is 1. The smallest absolute Gasteiger partial charge is 0.136 e. The molecule has 1 heterocycles. The Hall–Kier alpha value is -0.670. The molecule has 90 valence electrons. The third-order valence-corrected chi connectivity index (χ3v) is 3.92. The molecule has 0 amide bonds. The third kappa shape index (κ3) is 1.45. The number of aliphatic hydroxyl groups is 1. The van der Waals surface area contributed by atoms with Crippen molar-refractivity contribution in [3.63, 3.8) is 0 Å². The Morgan fingerprint density at radius 2 is 2.00 bits per heavy atom. The molecule has 0 bridgehead atoms. The Morgan fingerprint density at radius 3 is 2.50 bits per heavy atom. The molecule has 0 aromatic rings. The summed E-state index contributed by atoms with van der Waals surface area (Å²) in [6, 6.07) is 0. The van der Waals surface area contributed by atoms with Crippen LogP contribution in [-0.4, -0.2) is 28.2 Å². The highest BCUT2D eigenvalue weighted by Crippen LogP contribution is 2.65. The molecule has 0 aromatic carbocycles. The van der Waals surface area contributed by atoms with E-state index in [1.165, 1.54) is 0 Å². The van der Waals surface area contributed by atoms with E-state index in [1.807, 2.05) is 13.0 Å². The topological polar surface area (TPSA) is 49.8 Å². The molecule has 2 rings (SSSR count). The van der Waals surface area contributed by atoms with E-state index in [1.54, 1.807) is 13.0 Å². The second-order valence-electron chi connectivity index (χ2n) is 5.94. The number of hydrogen-bond acceptors (Lipinski definition) is 3. The summed E-state index contributed by atoms with van der Waals surface area (Å²) in [6.45, 7) is 7.81. The van der Waals surface area contributed by atoms with Crippen molar-refractivity contribution in [2.75, 3.05) is 0 Å². The molecule has 2 fully saturated rings. The fourth-order valence-corrected chi connectivity index (χ4v) is 3.12. The highest BCUT2D eigenvalue weighted by atomic mass is 16.6. The minimum atomic E-state index is -0.476. The van der Waals surface area contributed by atoms with E-state index in [-0.39, 0.29) is 22.4 Å². The van der Waals surface area contributed by atoms with Crippen molar-refractivity contribution in [3.05, 3.63) is 12.2 Å². The zero-order chi connectivity index (χ0) is 12.2. The Bertz CT molecular complexity index is 356. The van der Waals surface area contributed by atoms with Crippen LogP contribution in [0, 0.1) is 5.41 Å². The van der Waals surface area contributed by atoms with Gasteiger partial charge in [0, 0.05) is 18.3 Å². The van der Waals surface area contributed by atoms with Crippen LogP contribution in [0.5, 0.6) is 0 Å². The second kappa shape index (κ2) is 3.17. The quantitative estimate of drug-likeness (QED) is 0.575. The summed E-state index contributed by atoms with van der Waals surface area (Å²) in [4.78, 5) is 11.6. The summed E-state index contributed by atoms with van der Waals surface area (Å²) in [6.07, 6.45) is 4.26. The van der Waals surface area contributed by atoms with E-state index in [2.05, 4.69) is 13.8 Å². The predicted molar refractivity (Wildman–Crippen MR) is 61.1 cm³/mol. The van der Waals surface area contributed by atoms with Crippen molar-refractivity contribution in [1.29, 1.82) is 0 Å². The van der Waals surface area contributed by atoms with Gasteiger partial charge >= 0.3 is 0 Å². The average molecular weight is 224 g/mol. The summed E-state index contributed by atoms with van der Waals surface area (Å²) < 4.78 is 5.87. The van der Waals surface area contributed by atoms with Gasteiger partial charge in [0.15, 0.2) is 0 Å². The minimum absolute atomic E-state index is 0.192. The van der Waals surface area contributed by atoms with Crippen molar-refractivity contribution in [2.24, 2.45) is 5.41 Å². The van der Waals surface area contributed by atoms with Gasteiger partial charge in [0.1, 0.15) is 17.0 Å². The molecule has 1 unspecified atom stereocenters. The summed E-state index contributed by atoms with van der Waals surface area (Å²) in [5, 5.41) is 9.31. The Balaban J connectivity index is 2.31. The highest BCUT2D eigenvalue weighted by molar-refractivity contribution is 5.83. The van der Waals surface area contributed by atoms with Crippen molar-refractivity contribution >= 4 is 5.78 Å². The van der Waals surface area contributed by atoms with Crippen LogP contribution in [0.25, 0.3) is 0 Å². The van der Waals surface area contributed by atoms with Gasteiger partial charge in [-0.15, -0.1) is 0 Å². The van der Waals surface area contributed by atoms with Crippen molar-refractivity contribution in [2.45, 2.75) is 57.8 Å². The molecular weight excluding hydrogens is 204 g/mol. The van der Waals surface area contributed by atoms with Crippen LogP contribution in [0.1, 0.15) is 40.5 Å². The van der Waals surface area contributed by atoms with E-state index in [9.17, 15) is 9.90 Å². The molecule has 0 aromatic heterocycles. The van der Waals surface area contributed by atoms with Crippen molar-refractivity contribution in [3.8, 4) is 0 Å². The van der Waals surface area contributed by atoms with Gasteiger partial charge in [-0.05, 0) is 13.8 Å². The molecule has 2 aliphatic rings. The maximum Gasteiger partial charge on any atom is 0.136 e. The normalized spacial score (nSPS) is 43.2. The van der Waals surface area contributed by atoms with E-state index in [4.69, 9.17) is 4.74 Å². The summed E-state index contributed by atoms with van der Waals surface area (Å²) in [5.41, 5.74) is -0.926. The molecule has 0 radical (unpaired) electrons. The van der Waals surface area contributed by atoms with Crippen LogP contribution in [0.3, 0.4) is 0 Å². The van der Waals surface area contributed by atoms with Crippen molar-refractivity contribution < 1.29 is 14.6 Å². The first-order valence-electron chi connectivity index (χ1n) is 5.82. The molecule has 1 aliphatic heterocycles. The first-order valence-corrected chi connectivity index (χ1v) is 5.82. The second-order valence-corrected chi connectivity index (χ2v) is 5.94. The number of ketones is 1. The van der Waals surface area contributed by atoms with Crippen LogP contribution in [0.4, 0.5) is 0 Å². The number of aliphatic hydroxyl groups excluding tert-OH is 1. The molecule has 16 heavy (non-hydrogen) atoms. The minimum Gasteiger partial charge on any atom is -0.389 e. The van der Waals surface area contributed by atoms with Gasteiger partial charge < -0.3 is 9.84 Å². The van der Waals surface area contributed by atoms with Crippen LogP contribution >= 0.6 is 0 Å². The molecule has 1 saturated carbocycles. The molecular formula is C13H20O3. The van der Waals surface area contributed by atoms with Crippen LogP contribution in [0.15, 0.2) is 12.2 Å². The zero-order valence-corrected chi connectivity index (χ0v) is 10.4. The van der Waals surface area contributed by atoms with Crippen LogP contribution < -0.4 is 0 Å². The lowest BCUT2D eigenvalue weighted by Gasteiger charge is -2.35. The first kappa shape index (κ1) is 11.8. The number of epoxide rings is 1. The number of Topliss-reactive ketones (excluding diaryl/α,β-unsaturated/α-hetero) is 1. The fourth-order valence-electron chi connectivity index (χ4n) is 3.12. The molecule has 1 aliphatic carbocycles. The molecule has 0 spiro atoms. The standard InChI is InChI=1S/C13H20O3/c1-9(14)5-6-13-11(2,3)7-10(15)8-12(13,4)16-13/h5-6,9,14H,7-8H2,1-4H3/b6-5+/t9?,12-,13+/m0/s1. The largest absolute Gasteiger partial charge is 0.389 e. The lowest BCUT2D eigenvalue weighted by molar-refractivity contribution is -0.123. The van der Waals surface area contributed by atoms with Crippen molar-refractivity contribution in [1.82, 2.24) is 0 Å². The van der Waals surface area contributed by atoms with E-state index >= 15 is 0 Å². The Labute approximate surface area is 96.5 Å². The van der Waals surface area contributed by atoms with Gasteiger partial charge in [-0.25, -0.2) is 0 Å². The van der Waals surface area contributed by atoms with Gasteiger partial charge in [-0.3, -0.25) is 4.79 Å². The fraction of sp³-hybridized carbons (Fsp3) is 0.769. The summed E-state index contributed by atoms with van der Waals surface area (Å²) >= 11 is 0. The maximum absolute atomic E-state index is 11.6. The molecule has 3 nitrogen and oxygen atoms in total. The number of hydrogen-bond donors (Lipinski definition) is 1. The summed E-state index contributed by atoms with van der Waals surface area (Å²) in [7, 11) is 0. The van der Waals surface area contributed by atoms with Gasteiger partial charge in [-0.2, -0.15) is 0 Å². The molecule has 1 N–H and O–H groups in total. The molecule has 1 saturated heterocycles. The number of ether oxygens (including phenoxy) is 1.